The van der Waals surface area contributed by atoms with Crippen LogP contribution in [0.1, 0.15) is 39.6 Å². The van der Waals surface area contributed by atoms with Crippen LogP contribution in [0.25, 0.3) is 22.9 Å². The van der Waals surface area contributed by atoms with Crippen LogP contribution in [-0.2, 0) is 11.3 Å². The number of carbonyl (C=O) groups is 1. The Bertz CT molecular complexity index is 1270. The van der Waals surface area contributed by atoms with Gasteiger partial charge in [0.2, 0.25) is 0 Å². The van der Waals surface area contributed by atoms with Crippen molar-refractivity contribution in [2.24, 2.45) is 0 Å². The molecule has 3 aromatic rings. The maximum absolute atomic E-state index is 13.2. The molecule has 2 aromatic heterocycles. The van der Waals surface area contributed by atoms with Gasteiger partial charge in [-0.2, -0.15) is 5.10 Å². The summed E-state index contributed by atoms with van der Waals surface area (Å²) in [6.07, 6.45) is 2.01. The van der Waals surface area contributed by atoms with Gasteiger partial charge in [-0.25, -0.2) is 14.6 Å². The fraction of sp³-hybridized carbons (Fsp3) is 0.538. The third kappa shape index (κ3) is 4.57. The van der Waals surface area contributed by atoms with Gasteiger partial charge in [0.05, 0.1) is 12.1 Å². The highest BCUT2D eigenvalue weighted by Gasteiger charge is 2.35. The lowest BCUT2D eigenvalue weighted by Gasteiger charge is -2.37. The van der Waals surface area contributed by atoms with Crippen LogP contribution in [0.4, 0.5) is 0 Å². The molecule has 0 N–H and O–H groups in total. The van der Waals surface area contributed by atoms with Crippen molar-refractivity contribution in [2.75, 3.05) is 39.8 Å². The number of aromatic nitrogens is 5. The SMILES string of the molecule is Cc1nc(-c2cn3c(n2)-c2ccc(OC(C)(C)C(=O)N4CCN(C)CC4)cc2OCC3)n(C(C)C)n1. The largest absolute Gasteiger partial charge is 0.491 e. The van der Waals surface area contributed by atoms with Crippen molar-refractivity contribution in [2.45, 2.75) is 52.8 Å². The van der Waals surface area contributed by atoms with Gasteiger partial charge in [-0.15, -0.1) is 0 Å². The van der Waals surface area contributed by atoms with Gasteiger partial charge in [0, 0.05) is 44.5 Å². The first-order valence-electron chi connectivity index (χ1n) is 12.6. The Kier molecular flexibility index (Phi) is 6.23. The minimum absolute atomic E-state index is 0.00352. The molecule has 2 aliphatic heterocycles. The summed E-state index contributed by atoms with van der Waals surface area (Å²) in [6, 6.07) is 5.87. The van der Waals surface area contributed by atoms with E-state index in [0.717, 1.165) is 41.8 Å². The monoisotopic (exact) mass is 493 g/mol. The molecular formula is C26H35N7O3. The van der Waals surface area contributed by atoms with Crippen molar-refractivity contribution in [3.05, 3.63) is 30.2 Å². The van der Waals surface area contributed by atoms with Crippen LogP contribution < -0.4 is 9.47 Å². The Morgan fingerprint density at radius 1 is 1.08 bits per heavy atom. The maximum atomic E-state index is 13.2. The number of imidazole rings is 1. The lowest BCUT2D eigenvalue weighted by atomic mass is 10.1. The van der Waals surface area contributed by atoms with Gasteiger partial charge in [0.25, 0.3) is 5.91 Å². The van der Waals surface area contributed by atoms with E-state index in [1.807, 2.05) is 54.7 Å². The number of likely N-dealkylation sites (N-methyl/N-ethyl adjacent to an activating group) is 1. The number of amides is 1. The minimum Gasteiger partial charge on any atom is -0.491 e. The lowest BCUT2D eigenvalue weighted by Crippen LogP contribution is -2.55. The van der Waals surface area contributed by atoms with E-state index in [1.165, 1.54) is 0 Å². The Morgan fingerprint density at radius 3 is 2.56 bits per heavy atom. The summed E-state index contributed by atoms with van der Waals surface area (Å²) in [5.74, 6) is 3.57. The molecule has 36 heavy (non-hydrogen) atoms. The number of carbonyl (C=O) groups excluding carboxylic acids is 1. The van der Waals surface area contributed by atoms with Crippen LogP contribution >= 0.6 is 0 Å². The molecule has 10 heteroatoms. The summed E-state index contributed by atoms with van der Waals surface area (Å²) < 4.78 is 16.3. The summed E-state index contributed by atoms with van der Waals surface area (Å²) in [6.45, 7) is 14.0. The molecule has 0 unspecified atom stereocenters. The smallest absolute Gasteiger partial charge is 0.266 e. The predicted molar refractivity (Wildman–Crippen MR) is 136 cm³/mol. The number of nitrogens with zero attached hydrogens (tertiary/aromatic N) is 7. The second-order valence-electron chi connectivity index (χ2n) is 10.4. The van der Waals surface area contributed by atoms with Gasteiger partial charge < -0.3 is 23.8 Å². The van der Waals surface area contributed by atoms with Crippen LogP contribution in [0.2, 0.25) is 0 Å². The molecule has 1 aromatic carbocycles. The van der Waals surface area contributed by atoms with E-state index in [2.05, 4.69) is 40.4 Å². The molecule has 1 fully saturated rings. The lowest BCUT2D eigenvalue weighted by molar-refractivity contribution is -0.147. The molecular weight excluding hydrogens is 458 g/mol. The van der Waals surface area contributed by atoms with Crippen molar-refractivity contribution in [1.29, 1.82) is 0 Å². The zero-order valence-corrected chi connectivity index (χ0v) is 22.0. The third-order valence-electron chi connectivity index (χ3n) is 6.69. The van der Waals surface area contributed by atoms with E-state index in [1.54, 1.807) is 0 Å². The fourth-order valence-corrected chi connectivity index (χ4v) is 4.73. The first-order chi connectivity index (χ1) is 17.1. The number of rotatable bonds is 5. The Morgan fingerprint density at radius 2 is 1.83 bits per heavy atom. The van der Waals surface area contributed by atoms with E-state index in [4.69, 9.17) is 14.5 Å². The van der Waals surface area contributed by atoms with Gasteiger partial charge in [0.15, 0.2) is 11.4 Å². The number of benzene rings is 1. The number of aryl methyl sites for hydroxylation is 1. The number of hydrogen-bond donors (Lipinski definition) is 0. The molecule has 0 saturated carbocycles. The molecule has 0 spiro atoms. The van der Waals surface area contributed by atoms with Crippen LogP contribution in [0.15, 0.2) is 24.4 Å². The molecule has 1 amide bonds. The zero-order valence-electron chi connectivity index (χ0n) is 22.0. The third-order valence-corrected chi connectivity index (χ3v) is 6.69. The highest BCUT2D eigenvalue weighted by molar-refractivity contribution is 5.85. The van der Waals surface area contributed by atoms with Gasteiger partial charge in [0.1, 0.15) is 35.4 Å². The van der Waals surface area contributed by atoms with Gasteiger partial charge in [-0.1, -0.05) is 0 Å². The number of ether oxygens (including phenoxy) is 2. The molecule has 192 valence electrons. The van der Waals surface area contributed by atoms with Gasteiger partial charge in [-0.05, 0) is 53.8 Å². The molecule has 1 saturated heterocycles. The van der Waals surface area contributed by atoms with E-state index < -0.39 is 5.60 Å². The molecule has 0 bridgehead atoms. The highest BCUT2D eigenvalue weighted by atomic mass is 16.5. The molecule has 2 aliphatic rings. The van der Waals surface area contributed by atoms with E-state index in [-0.39, 0.29) is 11.9 Å². The van der Waals surface area contributed by atoms with Crippen molar-refractivity contribution in [3.63, 3.8) is 0 Å². The Hall–Kier alpha value is -3.40. The van der Waals surface area contributed by atoms with Crippen LogP contribution in [0.5, 0.6) is 11.5 Å². The fourth-order valence-electron chi connectivity index (χ4n) is 4.73. The van der Waals surface area contributed by atoms with Crippen molar-refractivity contribution in [3.8, 4) is 34.4 Å². The van der Waals surface area contributed by atoms with Crippen molar-refractivity contribution < 1.29 is 14.3 Å². The van der Waals surface area contributed by atoms with Gasteiger partial charge >= 0.3 is 0 Å². The zero-order chi connectivity index (χ0) is 25.6. The normalized spacial score (nSPS) is 16.4. The summed E-state index contributed by atoms with van der Waals surface area (Å²) in [5, 5.41) is 4.53. The Labute approximate surface area is 211 Å². The van der Waals surface area contributed by atoms with Crippen LogP contribution in [0, 0.1) is 6.92 Å². The second kappa shape index (κ2) is 9.24. The summed E-state index contributed by atoms with van der Waals surface area (Å²) in [4.78, 5) is 26.8. The van der Waals surface area contributed by atoms with Crippen molar-refractivity contribution in [1.82, 2.24) is 34.1 Å². The highest BCUT2D eigenvalue weighted by Crippen LogP contribution is 2.37. The van der Waals surface area contributed by atoms with Gasteiger partial charge in [-0.3, -0.25) is 4.79 Å². The quantitative estimate of drug-likeness (QED) is 0.540. The summed E-state index contributed by atoms with van der Waals surface area (Å²) >= 11 is 0. The van der Waals surface area contributed by atoms with Crippen molar-refractivity contribution >= 4 is 5.91 Å². The molecule has 5 rings (SSSR count). The topological polar surface area (TPSA) is 90.5 Å². The maximum Gasteiger partial charge on any atom is 0.266 e. The number of piperazine rings is 1. The predicted octanol–water partition coefficient (Wildman–Crippen LogP) is 3.02. The number of hydrogen-bond acceptors (Lipinski definition) is 7. The molecule has 4 heterocycles. The molecule has 10 nitrogen and oxygen atoms in total. The average molecular weight is 494 g/mol. The molecule has 0 radical (unpaired) electrons. The summed E-state index contributed by atoms with van der Waals surface area (Å²) in [5.41, 5.74) is 0.673. The average Bonchev–Trinajstić information content (AvgIpc) is 3.38. The summed E-state index contributed by atoms with van der Waals surface area (Å²) in [7, 11) is 2.07. The molecule has 0 atom stereocenters. The standard InChI is InChI=1S/C26H35N7O3/c1-17(2)33-24(27-18(3)29-33)21-16-32-13-14-35-22-15-19(7-8-20(22)23(32)28-21)36-26(4,5)25(34)31-11-9-30(6)10-12-31/h7-8,15-17H,9-14H2,1-6H3. The minimum atomic E-state index is -0.987. The van der Waals surface area contributed by atoms with E-state index in [0.29, 0.717) is 37.7 Å². The first kappa shape index (κ1) is 24.3. The van der Waals surface area contributed by atoms with E-state index >= 15 is 0 Å². The number of fused-ring (bicyclic) bond motifs is 3. The first-order valence-corrected chi connectivity index (χ1v) is 12.6. The van der Waals surface area contributed by atoms with E-state index in [9.17, 15) is 4.79 Å². The van der Waals surface area contributed by atoms with Crippen LogP contribution in [0.3, 0.4) is 0 Å². The Balaban J connectivity index is 1.41. The second-order valence-corrected chi connectivity index (χ2v) is 10.4. The molecule has 0 aliphatic carbocycles. The van der Waals surface area contributed by atoms with Crippen LogP contribution in [-0.4, -0.2) is 85.5 Å².